The first kappa shape index (κ1) is 25.7. The molecule has 3 heterocycles. The minimum atomic E-state index is -4.26. The van der Waals surface area contributed by atoms with Gasteiger partial charge in [-0.15, -0.1) is 0 Å². The molecule has 0 radical (unpaired) electrons. The lowest BCUT2D eigenvalue weighted by Gasteiger charge is -2.19. The van der Waals surface area contributed by atoms with Crippen LogP contribution in [0, 0.1) is 0 Å². The van der Waals surface area contributed by atoms with Gasteiger partial charge >= 0.3 is 7.82 Å². The third-order valence-corrected chi connectivity index (χ3v) is 6.40. The number of rotatable bonds is 12. The van der Waals surface area contributed by atoms with Gasteiger partial charge in [0.15, 0.2) is 17.4 Å². The van der Waals surface area contributed by atoms with Crippen molar-refractivity contribution in [3.05, 3.63) is 16.7 Å². The maximum atomic E-state index is 12.6. The smallest absolute Gasteiger partial charge is 0.396 e. The van der Waals surface area contributed by atoms with Crippen LogP contribution in [-0.4, -0.2) is 86.4 Å². The maximum Gasteiger partial charge on any atom is 0.472 e. The summed E-state index contributed by atoms with van der Waals surface area (Å²) < 4.78 is 33.4. The highest BCUT2D eigenvalue weighted by Crippen LogP contribution is 2.43. The summed E-state index contributed by atoms with van der Waals surface area (Å²) >= 11 is 0. The van der Waals surface area contributed by atoms with E-state index in [1.807, 2.05) is 6.92 Å². The predicted octanol–water partition coefficient (Wildman–Crippen LogP) is 0.119. The molecule has 186 valence electrons. The fourth-order valence-electron chi connectivity index (χ4n) is 3.69. The highest BCUT2D eigenvalue weighted by molar-refractivity contribution is 7.47. The third kappa shape index (κ3) is 5.78. The molecule has 2 aromatic rings. The number of aliphatic hydroxyl groups excluding tert-OH is 2. The summed E-state index contributed by atoms with van der Waals surface area (Å²) in [5, 5.41) is 23.0. The molecule has 6 atom stereocenters. The molecule has 0 aliphatic carbocycles. The van der Waals surface area contributed by atoms with Crippen molar-refractivity contribution in [2.24, 2.45) is 0 Å². The predicted molar refractivity (Wildman–Crippen MR) is 116 cm³/mol. The Labute approximate surface area is 189 Å². The minimum Gasteiger partial charge on any atom is -0.396 e. The van der Waals surface area contributed by atoms with Gasteiger partial charge in [0, 0.05) is 26.9 Å². The van der Waals surface area contributed by atoms with Gasteiger partial charge in [0.2, 0.25) is 5.95 Å². The number of phosphoric ester groups is 1. The van der Waals surface area contributed by atoms with Crippen LogP contribution in [0.1, 0.15) is 32.4 Å². The molecule has 33 heavy (non-hydrogen) atoms. The number of imidazole rings is 1. The number of aromatic nitrogens is 4. The molecule has 6 unspecified atom stereocenters. The molecule has 15 heteroatoms. The van der Waals surface area contributed by atoms with Gasteiger partial charge in [0.1, 0.15) is 18.3 Å². The van der Waals surface area contributed by atoms with Crippen LogP contribution in [0.25, 0.3) is 11.2 Å². The van der Waals surface area contributed by atoms with Crippen LogP contribution in [0.5, 0.6) is 0 Å². The molecule has 0 aromatic carbocycles. The highest BCUT2D eigenvalue weighted by atomic mass is 31.2. The van der Waals surface area contributed by atoms with Crippen molar-refractivity contribution in [1.82, 2.24) is 19.5 Å². The Balaban J connectivity index is 1.87. The largest absolute Gasteiger partial charge is 0.472 e. The summed E-state index contributed by atoms with van der Waals surface area (Å²) in [5.74, 6) is 0.219. The van der Waals surface area contributed by atoms with Gasteiger partial charge < -0.3 is 29.9 Å². The lowest BCUT2D eigenvalue weighted by atomic mass is 10.1. The summed E-state index contributed by atoms with van der Waals surface area (Å²) in [7, 11) is -1.87. The molecule has 1 aliphatic heterocycles. The van der Waals surface area contributed by atoms with Crippen molar-refractivity contribution in [2.45, 2.75) is 56.8 Å². The molecule has 1 aliphatic rings. The number of phosphoric acid groups is 1. The van der Waals surface area contributed by atoms with Gasteiger partial charge in [-0.3, -0.25) is 23.4 Å². The topological polar surface area (TPSA) is 190 Å². The summed E-state index contributed by atoms with van der Waals surface area (Å²) in [6.45, 7) is 1.65. The van der Waals surface area contributed by atoms with Gasteiger partial charge in [0.25, 0.3) is 5.56 Å². The van der Waals surface area contributed by atoms with E-state index in [4.69, 9.17) is 19.1 Å². The number of nitrogens with one attached hydrogen (secondary N) is 2. The van der Waals surface area contributed by atoms with Crippen LogP contribution in [0.4, 0.5) is 5.95 Å². The molecule has 1 saturated heterocycles. The number of hydrogen-bond acceptors (Lipinski definition) is 11. The number of anilines is 1. The first-order valence-electron chi connectivity index (χ1n) is 10.5. The van der Waals surface area contributed by atoms with E-state index in [0.717, 1.165) is 13.5 Å². The molecule has 1 fully saturated rings. The SMILES string of the molecule is CCC(CCCO)Nc1nc2c(ncn2C2OC(COP(=O)(O)OC)C(OC)C2O)c(=O)[nH]1. The van der Waals surface area contributed by atoms with E-state index in [9.17, 15) is 19.4 Å². The second kappa shape index (κ2) is 11.0. The Morgan fingerprint density at radius 1 is 1.42 bits per heavy atom. The standard InChI is InChI=1S/C18H30N5O9P/c1-4-10(6-5-7-24)20-18-21-15-12(16(26)22-18)19-9-23(15)17-13(25)14(29-2)11(32-17)8-31-33(27,28)30-3/h9-11,13-14,17,24-25H,4-8H2,1-3H3,(H,27,28)(H2,20,21,22,26). The Kier molecular flexibility index (Phi) is 8.59. The number of hydrogen-bond donors (Lipinski definition) is 5. The van der Waals surface area contributed by atoms with E-state index in [1.165, 1.54) is 18.0 Å². The lowest BCUT2D eigenvalue weighted by molar-refractivity contribution is -0.0533. The van der Waals surface area contributed by atoms with Crippen LogP contribution in [0.15, 0.2) is 11.1 Å². The van der Waals surface area contributed by atoms with Crippen molar-refractivity contribution >= 4 is 24.9 Å². The summed E-state index contributed by atoms with van der Waals surface area (Å²) in [6.07, 6.45) is -0.721. The molecular formula is C18H30N5O9P. The second-order valence-electron chi connectivity index (χ2n) is 7.56. The first-order chi connectivity index (χ1) is 15.7. The summed E-state index contributed by atoms with van der Waals surface area (Å²) in [4.78, 5) is 33.2. The van der Waals surface area contributed by atoms with Crippen LogP contribution in [0.3, 0.4) is 0 Å². The number of aliphatic hydroxyl groups is 2. The molecule has 0 amide bonds. The molecule has 3 rings (SSSR count). The zero-order valence-corrected chi connectivity index (χ0v) is 19.5. The average Bonchev–Trinajstić information content (AvgIpc) is 3.35. The van der Waals surface area contributed by atoms with Crippen LogP contribution < -0.4 is 10.9 Å². The van der Waals surface area contributed by atoms with E-state index < -0.39 is 37.9 Å². The molecule has 0 bridgehead atoms. The van der Waals surface area contributed by atoms with Crippen molar-refractivity contribution in [3.63, 3.8) is 0 Å². The fourth-order valence-corrected chi connectivity index (χ4v) is 4.13. The molecule has 14 nitrogen and oxygen atoms in total. The van der Waals surface area contributed by atoms with Gasteiger partial charge in [-0.05, 0) is 19.3 Å². The van der Waals surface area contributed by atoms with Crippen LogP contribution >= 0.6 is 7.82 Å². The van der Waals surface area contributed by atoms with E-state index in [1.54, 1.807) is 0 Å². The van der Waals surface area contributed by atoms with E-state index in [-0.39, 0.29) is 36.4 Å². The fraction of sp³-hybridized carbons (Fsp3) is 0.722. The first-order valence-corrected chi connectivity index (χ1v) is 12.0. The second-order valence-corrected chi connectivity index (χ2v) is 9.12. The molecule has 0 spiro atoms. The summed E-state index contributed by atoms with van der Waals surface area (Å²) in [5.41, 5.74) is -0.258. The monoisotopic (exact) mass is 491 g/mol. The lowest BCUT2D eigenvalue weighted by Crippen LogP contribution is -2.35. The van der Waals surface area contributed by atoms with Crippen molar-refractivity contribution in [1.29, 1.82) is 0 Å². The number of methoxy groups -OCH3 is 1. The van der Waals surface area contributed by atoms with E-state index >= 15 is 0 Å². The molecule has 0 saturated carbocycles. The highest BCUT2D eigenvalue weighted by Gasteiger charge is 2.46. The maximum absolute atomic E-state index is 12.6. The zero-order chi connectivity index (χ0) is 24.2. The van der Waals surface area contributed by atoms with Crippen LogP contribution in [-0.2, 0) is 23.1 Å². The van der Waals surface area contributed by atoms with Gasteiger partial charge in [-0.1, -0.05) is 6.92 Å². The van der Waals surface area contributed by atoms with Crippen LogP contribution in [0.2, 0.25) is 0 Å². The molecule has 2 aromatic heterocycles. The van der Waals surface area contributed by atoms with Gasteiger partial charge in [-0.2, -0.15) is 4.98 Å². The molecular weight excluding hydrogens is 461 g/mol. The molecule has 5 N–H and O–H groups in total. The Bertz CT molecular complexity index is 1030. The van der Waals surface area contributed by atoms with Crippen molar-refractivity contribution in [2.75, 3.05) is 32.8 Å². The van der Waals surface area contributed by atoms with Crippen molar-refractivity contribution in [3.8, 4) is 0 Å². The van der Waals surface area contributed by atoms with Gasteiger partial charge in [-0.25, -0.2) is 9.55 Å². The Morgan fingerprint density at radius 2 is 2.18 bits per heavy atom. The van der Waals surface area contributed by atoms with Gasteiger partial charge in [0.05, 0.1) is 12.9 Å². The quantitative estimate of drug-likeness (QED) is 0.252. The average molecular weight is 491 g/mol. The number of ether oxygens (including phenoxy) is 2. The zero-order valence-electron chi connectivity index (χ0n) is 18.6. The normalized spacial score (nSPS) is 25.9. The Hall–Kier alpha value is -1.90. The third-order valence-electron chi connectivity index (χ3n) is 5.47. The van der Waals surface area contributed by atoms with Crippen molar-refractivity contribution < 1.29 is 38.2 Å². The minimum absolute atomic E-state index is 0.0169. The number of nitrogens with zero attached hydrogens (tertiary/aromatic N) is 3. The number of H-pyrrole nitrogens is 1. The summed E-state index contributed by atoms with van der Waals surface area (Å²) in [6, 6.07) is -0.0169. The number of fused-ring (bicyclic) bond motifs is 1. The van der Waals surface area contributed by atoms with E-state index in [0.29, 0.717) is 12.8 Å². The Morgan fingerprint density at radius 3 is 2.82 bits per heavy atom. The number of aromatic amines is 1. The van der Waals surface area contributed by atoms with E-state index in [2.05, 4.69) is 24.8 Å².